The molecule has 1 heterocycles. The van der Waals surface area contributed by atoms with E-state index >= 15 is 0 Å². The molecule has 0 nitrogen and oxygen atoms in total. The van der Waals surface area contributed by atoms with Crippen LogP contribution in [-0.4, -0.2) is 11.4 Å². The second-order valence-electron chi connectivity index (χ2n) is 2.29. The molecule has 0 fully saturated rings. The first-order valence-electron chi connectivity index (χ1n) is 2.64. The van der Waals surface area contributed by atoms with Gasteiger partial charge in [0.05, 0.1) is 0 Å². The topological polar surface area (TPSA) is 0 Å². The van der Waals surface area contributed by atoms with Crippen molar-refractivity contribution in [2.45, 2.75) is 17.4 Å². The Hall–Kier alpha value is 0.863. The summed E-state index contributed by atoms with van der Waals surface area (Å²) >= 11 is -2.20. The Bertz CT molecular complexity index is 128. The number of rotatable bonds is 0. The fourth-order valence-electron chi connectivity index (χ4n) is 0.876. The van der Waals surface area contributed by atoms with Crippen molar-refractivity contribution in [3.63, 3.8) is 0 Å². The summed E-state index contributed by atoms with van der Waals surface area (Å²) in [5, 5.41) is 2.01. The summed E-state index contributed by atoms with van der Waals surface area (Å²) in [6, 6.07) is 0. The maximum absolute atomic E-state index is 5.96. The first-order valence-corrected chi connectivity index (χ1v) is 11.1. The zero-order valence-corrected chi connectivity index (χ0v) is 8.36. The van der Waals surface area contributed by atoms with Crippen LogP contribution < -0.4 is 0 Å². The average Bonchev–Trinajstić information content (AvgIpc) is 1.82. The molecule has 0 aliphatic carbocycles. The zero-order valence-electron chi connectivity index (χ0n) is 4.75. The van der Waals surface area contributed by atoms with Crippen molar-refractivity contribution < 1.29 is 0 Å². The molecule has 1 aliphatic rings. The fourth-order valence-corrected chi connectivity index (χ4v) is 7.54. The van der Waals surface area contributed by atoms with Crippen LogP contribution in [0.1, 0.15) is 6.92 Å². The van der Waals surface area contributed by atoms with E-state index in [0.29, 0.717) is 0 Å². The van der Waals surface area contributed by atoms with Gasteiger partial charge in [-0.05, 0) is 0 Å². The molecule has 0 unspecified atom stereocenters. The number of hydrogen-bond donors (Lipinski definition) is 0. The van der Waals surface area contributed by atoms with Crippen LogP contribution in [0.25, 0.3) is 0 Å². The fraction of sp³-hybridized carbons (Fsp3) is 0.600. The van der Waals surface area contributed by atoms with E-state index < -0.39 is 11.4 Å². The van der Waals surface area contributed by atoms with Gasteiger partial charge in [-0.1, -0.05) is 0 Å². The first kappa shape index (κ1) is 6.98. The molecule has 0 saturated carbocycles. The normalized spacial score (nSPS) is 25.6. The monoisotopic (exact) mass is 212 g/mol. The van der Waals surface area contributed by atoms with Gasteiger partial charge in [-0.2, -0.15) is 0 Å². The molecular weight excluding hydrogens is 204 g/mol. The predicted molar refractivity (Wildman–Crippen MR) is 40.8 cm³/mol. The van der Waals surface area contributed by atoms with Crippen LogP contribution in [0, 0.1) is 0 Å². The van der Waals surface area contributed by atoms with Crippen LogP contribution in [-0.2, 0) is 0 Å². The summed E-state index contributed by atoms with van der Waals surface area (Å²) < 4.78 is 0. The van der Waals surface area contributed by atoms with Crippen LogP contribution in [0.15, 0.2) is 11.6 Å². The van der Waals surface area contributed by atoms with E-state index in [2.05, 4.69) is 13.0 Å². The van der Waals surface area contributed by atoms with Crippen LogP contribution in [0.3, 0.4) is 0 Å². The second kappa shape index (κ2) is 2.24. The molecule has 0 spiro atoms. The van der Waals surface area contributed by atoms with Gasteiger partial charge < -0.3 is 0 Å². The predicted octanol–water partition coefficient (Wildman–Crippen LogP) is 2.87. The summed E-state index contributed by atoms with van der Waals surface area (Å²) in [5.74, 6) is 0. The quantitative estimate of drug-likeness (QED) is 0.427. The summed E-state index contributed by atoms with van der Waals surface area (Å²) in [6.45, 7) is 2.10. The van der Waals surface area contributed by atoms with Crippen molar-refractivity contribution in [1.29, 1.82) is 0 Å². The maximum atomic E-state index is 5.96. The van der Waals surface area contributed by atoms with E-state index in [1.165, 1.54) is 5.57 Å². The number of halogens is 2. The molecule has 1 rings (SSSR count). The molecule has 0 aromatic rings. The third-order valence-electron chi connectivity index (χ3n) is 1.29. The Morgan fingerprint density at radius 1 is 1.62 bits per heavy atom. The van der Waals surface area contributed by atoms with Gasteiger partial charge in [-0.15, -0.1) is 0 Å². The minimum absolute atomic E-state index is 0.995. The third-order valence-corrected chi connectivity index (χ3v) is 8.22. The zero-order chi connectivity index (χ0) is 6.20. The summed E-state index contributed by atoms with van der Waals surface area (Å²) in [7, 11) is 11.9. The summed E-state index contributed by atoms with van der Waals surface area (Å²) in [4.78, 5) is 0. The Labute approximate surface area is 60.6 Å². The van der Waals surface area contributed by atoms with Gasteiger partial charge in [0.1, 0.15) is 0 Å². The standard InChI is InChI=1S/C5H8Cl2Ge/c1-5-2-3-8(6,7)4-5/h2H,3-4H2,1H3. The molecule has 46 valence electrons. The van der Waals surface area contributed by atoms with E-state index in [9.17, 15) is 0 Å². The molecule has 0 amide bonds. The molecule has 0 aromatic heterocycles. The molecule has 0 atom stereocenters. The molecule has 0 bridgehead atoms. The Morgan fingerprint density at radius 3 is 2.38 bits per heavy atom. The molecular formula is C5H8Cl2Ge. The molecule has 1 aliphatic heterocycles. The van der Waals surface area contributed by atoms with E-state index in [1.807, 2.05) is 0 Å². The van der Waals surface area contributed by atoms with E-state index in [-0.39, 0.29) is 0 Å². The van der Waals surface area contributed by atoms with Gasteiger partial charge in [0.15, 0.2) is 0 Å². The Balaban J connectivity index is 2.55. The number of hydrogen-bond acceptors (Lipinski definition) is 0. The van der Waals surface area contributed by atoms with Crippen molar-refractivity contribution >= 4 is 31.4 Å². The van der Waals surface area contributed by atoms with Crippen molar-refractivity contribution in [2.75, 3.05) is 0 Å². The Morgan fingerprint density at radius 2 is 2.25 bits per heavy atom. The van der Waals surface area contributed by atoms with Gasteiger partial charge in [-0.3, -0.25) is 0 Å². The van der Waals surface area contributed by atoms with Crippen LogP contribution in [0.2, 0.25) is 10.5 Å². The molecule has 0 saturated heterocycles. The van der Waals surface area contributed by atoms with Crippen LogP contribution in [0.4, 0.5) is 0 Å². The van der Waals surface area contributed by atoms with Crippen molar-refractivity contribution in [2.24, 2.45) is 0 Å². The summed E-state index contributed by atoms with van der Waals surface area (Å²) in [5.41, 5.74) is 1.38. The third kappa shape index (κ3) is 1.68. The van der Waals surface area contributed by atoms with Gasteiger partial charge >= 0.3 is 60.5 Å². The SMILES string of the molecule is CC1=C[CH2][Ge]([Cl])([Cl])[CH2]1. The van der Waals surface area contributed by atoms with Crippen molar-refractivity contribution in [3.05, 3.63) is 11.6 Å². The van der Waals surface area contributed by atoms with E-state index in [1.54, 1.807) is 0 Å². The van der Waals surface area contributed by atoms with Gasteiger partial charge in [0.2, 0.25) is 0 Å². The number of allylic oxidation sites excluding steroid dienone is 2. The molecule has 0 N–H and O–H groups in total. The molecule has 3 heteroatoms. The summed E-state index contributed by atoms with van der Waals surface area (Å²) in [6.07, 6.45) is 2.17. The van der Waals surface area contributed by atoms with Gasteiger partial charge in [0.25, 0.3) is 0 Å². The Kier molecular flexibility index (Phi) is 1.95. The van der Waals surface area contributed by atoms with Gasteiger partial charge in [-0.25, -0.2) is 0 Å². The second-order valence-corrected chi connectivity index (χ2v) is 16.0. The molecule has 0 radical (unpaired) electrons. The van der Waals surface area contributed by atoms with Crippen LogP contribution in [0.5, 0.6) is 0 Å². The first-order chi connectivity index (χ1) is 3.60. The van der Waals surface area contributed by atoms with Crippen molar-refractivity contribution in [3.8, 4) is 0 Å². The van der Waals surface area contributed by atoms with Gasteiger partial charge in [0, 0.05) is 0 Å². The molecule has 0 aromatic carbocycles. The van der Waals surface area contributed by atoms with E-state index in [0.717, 1.165) is 10.5 Å². The average molecular weight is 212 g/mol. The molecule has 8 heavy (non-hydrogen) atoms. The van der Waals surface area contributed by atoms with Crippen molar-refractivity contribution in [1.82, 2.24) is 0 Å². The minimum atomic E-state index is -2.20. The van der Waals surface area contributed by atoms with Crippen LogP contribution >= 0.6 is 20.0 Å². The van der Waals surface area contributed by atoms with E-state index in [4.69, 9.17) is 20.0 Å².